The molecular weight excluding hydrogens is 228 g/mol. The summed E-state index contributed by atoms with van der Waals surface area (Å²) in [6, 6.07) is 0. The van der Waals surface area contributed by atoms with Gasteiger partial charge in [0.15, 0.2) is 0 Å². The van der Waals surface area contributed by atoms with Crippen molar-refractivity contribution >= 4 is 0 Å². The SMILES string of the molecule is CCC1CCC(CN)(N(CCOC)CCOC)C1. The van der Waals surface area contributed by atoms with Crippen LogP contribution in [0.25, 0.3) is 0 Å². The van der Waals surface area contributed by atoms with Crippen LogP contribution < -0.4 is 5.73 Å². The number of nitrogens with zero attached hydrogens (tertiary/aromatic N) is 1. The molecule has 4 nitrogen and oxygen atoms in total. The van der Waals surface area contributed by atoms with Gasteiger partial charge in [0.25, 0.3) is 0 Å². The van der Waals surface area contributed by atoms with Gasteiger partial charge in [-0.05, 0) is 25.2 Å². The monoisotopic (exact) mass is 258 g/mol. The molecule has 0 saturated heterocycles. The zero-order chi connectivity index (χ0) is 13.4. The fourth-order valence-corrected chi connectivity index (χ4v) is 3.15. The fraction of sp³-hybridized carbons (Fsp3) is 1.00. The minimum Gasteiger partial charge on any atom is -0.383 e. The fourth-order valence-electron chi connectivity index (χ4n) is 3.15. The van der Waals surface area contributed by atoms with Crippen molar-refractivity contribution in [3.8, 4) is 0 Å². The van der Waals surface area contributed by atoms with Crippen molar-refractivity contribution in [3.63, 3.8) is 0 Å². The van der Waals surface area contributed by atoms with E-state index in [4.69, 9.17) is 15.2 Å². The molecular formula is C14H30N2O2. The van der Waals surface area contributed by atoms with Crippen LogP contribution in [0.4, 0.5) is 0 Å². The van der Waals surface area contributed by atoms with Crippen LogP contribution in [-0.4, -0.2) is 57.5 Å². The number of hydrogen-bond donors (Lipinski definition) is 1. The van der Waals surface area contributed by atoms with E-state index in [2.05, 4.69) is 11.8 Å². The molecule has 2 N–H and O–H groups in total. The third-order valence-electron chi connectivity index (χ3n) is 4.45. The van der Waals surface area contributed by atoms with Gasteiger partial charge in [-0.1, -0.05) is 13.3 Å². The Morgan fingerprint density at radius 3 is 2.22 bits per heavy atom. The van der Waals surface area contributed by atoms with Crippen LogP contribution >= 0.6 is 0 Å². The highest BCUT2D eigenvalue weighted by Gasteiger charge is 2.41. The summed E-state index contributed by atoms with van der Waals surface area (Å²) < 4.78 is 10.5. The number of nitrogens with two attached hydrogens (primary N) is 1. The molecule has 0 radical (unpaired) electrons. The molecule has 0 heterocycles. The van der Waals surface area contributed by atoms with Gasteiger partial charge in [0.1, 0.15) is 0 Å². The van der Waals surface area contributed by atoms with Crippen LogP contribution in [0, 0.1) is 5.92 Å². The lowest BCUT2D eigenvalue weighted by atomic mass is 9.92. The molecule has 1 fully saturated rings. The van der Waals surface area contributed by atoms with E-state index in [1.165, 1.54) is 25.7 Å². The summed E-state index contributed by atoms with van der Waals surface area (Å²) in [6.07, 6.45) is 5.02. The lowest BCUT2D eigenvalue weighted by molar-refractivity contribution is 0.0377. The van der Waals surface area contributed by atoms with Crippen molar-refractivity contribution in [2.24, 2.45) is 11.7 Å². The molecule has 2 atom stereocenters. The van der Waals surface area contributed by atoms with Crippen LogP contribution in [0.1, 0.15) is 32.6 Å². The quantitative estimate of drug-likeness (QED) is 0.681. The number of ether oxygens (including phenoxy) is 2. The van der Waals surface area contributed by atoms with Gasteiger partial charge >= 0.3 is 0 Å². The van der Waals surface area contributed by atoms with E-state index in [0.29, 0.717) is 0 Å². The second-order valence-electron chi connectivity index (χ2n) is 5.42. The van der Waals surface area contributed by atoms with Crippen molar-refractivity contribution in [3.05, 3.63) is 0 Å². The van der Waals surface area contributed by atoms with Crippen molar-refractivity contribution in [2.45, 2.75) is 38.1 Å². The number of rotatable bonds is 9. The molecule has 0 aromatic heterocycles. The lowest BCUT2D eigenvalue weighted by Gasteiger charge is -2.41. The van der Waals surface area contributed by atoms with Gasteiger partial charge in [-0.25, -0.2) is 0 Å². The zero-order valence-electron chi connectivity index (χ0n) is 12.3. The summed E-state index contributed by atoms with van der Waals surface area (Å²) in [7, 11) is 3.51. The summed E-state index contributed by atoms with van der Waals surface area (Å²) in [5, 5.41) is 0. The first-order chi connectivity index (χ1) is 8.72. The normalized spacial score (nSPS) is 28.2. The molecule has 2 unspecified atom stereocenters. The first-order valence-electron chi connectivity index (χ1n) is 7.15. The predicted octanol–water partition coefficient (Wildman–Crippen LogP) is 1.49. The van der Waals surface area contributed by atoms with E-state index in [1.54, 1.807) is 14.2 Å². The second-order valence-corrected chi connectivity index (χ2v) is 5.42. The zero-order valence-corrected chi connectivity index (χ0v) is 12.3. The lowest BCUT2D eigenvalue weighted by Crippen LogP contribution is -2.54. The van der Waals surface area contributed by atoms with Crippen LogP contribution in [0.5, 0.6) is 0 Å². The summed E-state index contributed by atoms with van der Waals surface area (Å²) >= 11 is 0. The highest BCUT2D eigenvalue weighted by molar-refractivity contribution is 4.98. The molecule has 18 heavy (non-hydrogen) atoms. The largest absolute Gasteiger partial charge is 0.383 e. The molecule has 0 spiro atoms. The minimum atomic E-state index is 0.178. The van der Waals surface area contributed by atoms with Crippen molar-refractivity contribution in [1.29, 1.82) is 0 Å². The summed E-state index contributed by atoms with van der Waals surface area (Å²) in [6.45, 7) is 6.47. The molecule has 108 valence electrons. The molecule has 0 aliphatic heterocycles. The Balaban J connectivity index is 2.66. The molecule has 0 bridgehead atoms. The molecule has 1 aliphatic carbocycles. The van der Waals surface area contributed by atoms with Gasteiger partial charge in [0.2, 0.25) is 0 Å². The first-order valence-corrected chi connectivity index (χ1v) is 7.15. The van der Waals surface area contributed by atoms with Crippen LogP contribution in [-0.2, 0) is 9.47 Å². The van der Waals surface area contributed by atoms with Crippen LogP contribution in [0.2, 0.25) is 0 Å². The van der Waals surface area contributed by atoms with Gasteiger partial charge in [-0.2, -0.15) is 0 Å². The van der Waals surface area contributed by atoms with E-state index in [9.17, 15) is 0 Å². The van der Waals surface area contributed by atoms with Crippen LogP contribution in [0.15, 0.2) is 0 Å². The molecule has 1 saturated carbocycles. The first kappa shape index (κ1) is 15.9. The maximum absolute atomic E-state index is 6.11. The highest BCUT2D eigenvalue weighted by atomic mass is 16.5. The van der Waals surface area contributed by atoms with E-state index in [-0.39, 0.29) is 5.54 Å². The van der Waals surface area contributed by atoms with E-state index in [1.807, 2.05) is 0 Å². The van der Waals surface area contributed by atoms with Crippen molar-refractivity contribution < 1.29 is 9.47 Å². The van der Waals surface area contributed by atoms with Gasteiger partial charge in [-0.15, -0.1) is 0 Å². The van der Waals surface area contributed by atoms with E-state index < -0.39 is 0 Å². The van der Waals surface area contributed by atoms with Crippen molar-refractivity contribution in [2.75, 3.05) is 47.1 Å². The molecule has 4 heteroatoms. The Labute approximate surface area is 112 Å². The molecule has 1 aliphatic rings. The Morgan fingerprint density at radius 2 is 1.83 bits per heavy atom. The van der Waals surface area contributed by atoms with Gasteiger partial charge < -0.3 is 15.2 Å². The maximum Gasteiger partial charge on any atom is 0.0589 e. The smallest absolute Gasteiger partial charge is 0.0589 e. The van der Waals surface area contributed by atoms with E-state index in [0.717, 1.165) is 38.8 Å². The summed E-state index contributed by atoms with van der Waals surface area (Å²) in [5.41, 5.74) is 6.29. The number of methoxy groups -OCH3 is 2. The standard InChI is InChI=1S/C14H30N2O2/c1-4-13-5-6-14(11-13,12-15)16(7-9-17-2)8-10-18-3/h13H,4-12,15H2,1-3H3. The predicted molar refractivity (Wildman–Crippen MR) is 74.7 cm³/mol. The van der Waals surface area contributed by atoms with Crippen LogP contribution in [0.3, 0.4) is 0 Å². The number of hydrogen-bond acceptors (Lipinski definition) is 4. The summed E-state index contributed by atoms with van der Waals surface area (Å²) in [4.78, 5) is 2.50. The second kappa shape index (κ2) is 8.10. The molecule has 0 aromatic carbocycles. The van der Waals surface area contributed by atoms with Crippen molar-refractivity contribution in [1.82, 2.24) is 4.90 Å². The third-order valence-corrected chi connectivity index (χ3v) is 4.45. The Hall–Kier alpha value is -0.160. The Bertz CT molecular complexity index is 218. The Kier molecular flexibility index (Phi) is 7.15. The Morgan fingerprint density at radius 1 is 1.22 bits per heavy atom. The maximum atomic E-state index is 6.11. The molecule has 0 amide bonds. The topological polar surface area (TPSA) is 47.7 Å². The average molecular weight is 258 g/mol. The third kappa shape index (κ3) is 3.92. The highest BCUT2D eigenvalue weighted by Crippen LogP contribution is 2.39. The van der Waals surface area contributed by atoms with E-state index >= 15 is 0 Å². The molecule has 1 rings (SSSR count). The molecule has 0 aromatic rings. The average Bonchev–Trinajstić information content (AvgIpc) is 2.84. The van der Waals surface area contributed by atoms with Gasteiger partial charge in [0, 0.05) is 39.4 Å². The van der Waals surface area contributed by atoms with Gasteiger partial charge in [0.05, 0.1) is 13.2 Å². The summed E-state index contributed by atoms with van der Waals surface area (Å²) in [5.74, 6) is 0.834. The van der Waals surface area contributed by atoms with Gasteiger partial charge in [-0.3, -0.25) is 4.90 Å². The minimum absolute atomic E-state index is 0.178.